The van der Waals surface area contributed by atoms with E-state index in [1.807, 2.05) is 57.2 Å². The Hall–Kier alpha value is -2.41. The summed E-state index contributed by atoms with van der Waals surface area (Å²) in [5.74, 6) is 0.469. The average Bonchev–Trinajstić information content (AvgIpc) is 3.17. The van der Waals surface area contributed by atoms with Gasteiger partial charge in [0.2, 0.25) is 5.91 Å². The number of nitrogens with zero attached hydrogens (tertiary/aromatic N) is 2. The normalized spacial score (nSPS) is 19.4. The molecule has 3 rings (SSSR count). The van der Waals surface area contributed by atoms with Crippen LogP contribution in [0.4, 0.5) is 5.82 Å². The van der Waals surface area contributed by atoms with E-state index in [2.05, 4.69) is 10.4 Å². The van der Waals surface area contributed by atoms with E-state index in [0.29, 0.717) is 12.2 Å². The zero-order chi connectivity index (χ0) is 19.7. The Kier molecular flexibility index (Phi) is 5.24. The lowest BCUT2D eigenvalue weighted by Gasteiger charge is -2.15. The summed E-state index contributed by atoms with van der Waals surface area (Å²) in [6, 6.07) is 11.1. The van der Waals surface area contributed by atoms with Crippen molar-refractivity contribution in [3.8, 4) is 0 Å². The van der Waals surface area contributed by atoms with E-state index in [1.54, 1.807) is 10.8 Å². The molecule has 1 unspecified atom stereocenters. The van der Waals surface area contributed by atoms with Gasteiger partial charge in [0.25, 0.3) is 0 Å². The minimum absolute atomic E-state index is 0.0565. The van der Waals surface area contributed by atoms with Gasteiger partial charge in [-0.25, -0.2) is 13.1 Å². The zero-order valence-corrected chi connectivity index (χ0v) is 16.7. The lowest BCUT2D eigenvalue weighted by Crippen LogP contribution is -2.19. The fourth-order valence-electron chi connectivity index (χ4n) is 3.00. The van der Waals surface area contributed by atoms with Crippen molar-refractivity contribution in [2.24, 2.45) is 0 Å². The highest BCUT2D eigenvalue weighted by molar-refractivity contribution is 7.91. The molecule has 1 aliphatic rings. The van der Waals surface area contributed by atoms with Crippen LogP contribution in [0.3, 0.4) is 0 Å². The zero-order valence-electron chi connectivity index (χ0n) is 15.8. The number of hydrogen-bond donors (Lipinski definition) is 1. The molecule has 1 saturated heterocycles. The third kappa shape index (κ3) is 4.86. The fourth-order valence-corrected chi connectivity index (χ4v) is 4.70. The Balaban J connectivity index is 1.84. The fraction of sp³-hybridized carbons (Fsp3) is 0.400. The van der Waals surface area contributed by atoms with Crippen molar-refractivity contribution in [3.63, 3.8) is 0 Å². The van der Waals surface area contributed by atoms with Crippen molar-refractivity contribution in [2.75, 3.05) is 16.8 Å². The van der Waals surface area contributed by atoms with Gasteiger partial charge in [0.05, 0.1) is 23.2 Å². The summed E-state index contributed by atoms with van der Waals surface area (Å²) < 4.78 is 25.4. The van der Waals surface area contributed by atoms with E-state index in [-0.39, 0.29) is 28.9 Å². The smallest absolute Gasteiger partial charge is 0.249 e. The number of amides is 1. The number of sulfone groups is 1. The van der Waals surface area contributed by atoms with Crippen LogP contribution in [0.1, 0.15) is 44.5 Å². The van der Waals surface area contributed by atoms with E-state index in [0.717, 1.165) is 11.3 Å². The summed E-state index contributed by atoms with van der Waals surface area (Å²) >= 11 is 0. The Labute approximate surface area is 160 Å². The van der Waals surface area contributed by atoms with E-state index < -0.39 is 9.84 Å². The second kappa shape index (κ2) is 7.31. The van der Waals surface area contributed by atoms with Crippen LogP contribution in [0, 0.1) is 0 Å². The molecule has 0 saturated carbocycles. The van der Waals surface area contributed by atoms with Crippen LogP contribution in [0.2, 0.25) is 0 Å². The van der Waals surface area contributed by atoms with Crippen LogP contribution < -0.4 is 5.32 Å². The SMILES string of the molecule is CC(C)(C)c1cc(NC(=O)/C=C/c2ccccc2)n(C2CCS(=O)(=O)C2)n1. The van der Waals surface area contributed by atoms with Gasteiger partial charge < -0.3 is 5.32 Å². The van der Waals surface area contributed by atoms with E-state index in [9.17, 15) is 13.2 Å². The monoisotopic (exact) mass is 387 g/mol. The van der Waals surface area contributed by atoms with Crippen LogP contribution in [0.15, 0.2) is 42.5 Å². The van der Waals surface area contributed by atoms with Crippen LogP contribution in [-0.2, 0) is 20.0 Å². The maximum atomic E-state index is 12.4. The van der Waals surface area contributed by atoms with Gasteiger partial charge in [-0.1, -0.05) is 51.1 Å². The van der Waals surface area contributed by atoms with Gasteiger partial charge in [-0.3, -0.25) is 4.79 Å². The highest BCUT2D eigenvalue weighted by Crippen LogP contribution is 2.30. The molecule has 1 aliphatic heterocycles. The number of benzene rings is 1. The minimum atomic E-state index is -3.05. The van der Waals surface area contributed by atoms with Gasteiger partial charge in [0, 0.05) is 17.6 Å². The summed E-state index contributed by atoms with van der Waals surface area (Å²) in [6.45, 7) is 6.10. The van der Waals surface area contributed by atoms with Crippen LogP contribution in [0.25, 0.3) is 6.08 Å². The molecule has 1 aromatic carbocycles. The average molecular weight is 388 g/mol. The van der Waals surface area contributed by atoms with Crippen molar-refractivity contribution in [1.29, 1.82) is 0 Å². The standard InChI is InChI=1S/C20H25N3O3S/c1-20(2,3)17-13-18(23(22-17)16-11-12-27(25,26)14-16)21-19(24)10-9-15-7-5-4-6-8-15/h4-10,13,16H,11-12,14H2,1-3H3,(H,21,24)/b10-9+. The predicted octanol–water partition coefficient (Wildman–Crippen LogP) is 3.19. The molecule has 0 bridgehead atoms. The second-order valence-electron chi connectivity index (χ2n) is 7.90. The molecule has 6 nitrogen and oxygen atoms in total. The van der Waals surface area contributed by atoms with Crippen LogP contribution >= 0.6 is 0 Å². The summed E-state index contributed by atoms with van der Waals surface area (Å²) in [7, 11) is -3.05. The number of aromatic nitrogens is 2. The summed E-state index contributed by atoms with van der Waals surface area (Å²) in [5, 5.41) is 7.47. The number of anilines is 1. The first-order valence-corrected chi connectivity index (χ1v) is 10.8. The van der Waals surface area contributed by atoms with Gasteiger partial charge in [-0.05, 0) is 18.1 Å². The molecule has 0 radical (unpaired) electrons. The molecule has 1 atom stereocenters. The Morgan fingerprint density at radius 1 is 1.26 bits per heavy atom. The van der Waals surface area contributed by atoms with Crippen molar-refractivity contribution in [2.45, 2.75) is 38.6 Å². The van der Waals surface area contributed by atoms with E-state index in [4.69, 9.17) is 0 Å². The quantitative estimate of drug-likeness (QED) is 0.817. The first kappa shape index (κ1) is 19.4. The van der Waals surface area contributed by atoms with Gasteiger partial charge in [0.1, 0.15) is 5.82 Å². The van der Waals surface area contributed by atoms with Gasteiger partial charge in [0.15, 0.2) is 9.84 Å². The van der Waals surface area contributed by atoms with Crippen molar-refractivity contribution in [3.05, 3.63) is 53.7 Å². The molecular formula is C20H25N3O3S. The molecule has 1 fully saturated rings. The molecule has 0 aliphatic carbocycles. The van der Waals surface area contributed by atoms with E-state index in [1.165, 1.54) is 6.08 Å². The molecule has 2 heterocycles. The third-order valence-electron chi connectivity index (χ3n) is 4.54. The second-order valence-corrected chi connectivity index (χ2v) is 10.1. The predicted molar refractivity (Wildman–Crippen MR) is 107 cm³/mol. The maximum Gasteiger partial charge on any atom is 0.249 e. The van der Waals surface area contributed by atoms with Crippen LogP contribution in [-0.4, -0.2) is 35.6 Å². The molecule has 1 N–H and O–H groups in total. The molecule has 7 heteroatoms. The molecule has 1 amide bonds. The van der Waals surface area contributed by atoms with E-state index >= 15 is 0 Å². The number of hydrogen-bond acceptors (Lipinski definition) is 4. The highest BCUT2D eigenvalue weighted by atomic mass is 32.2. The highest BCUT2D eigenvalue weighted by Gasteiger charge is 2.32. The molecule has 2 aromatic rings. The summed E-state index contributed by atoms with van der Waals surface area (Å²) in [6.07, 6.45) is 3.71. The van der Waals surface area contributed by atoms with Gasteiger partial charge in [-0.15, -0.1) is 0 Å². The first-order chi connectivity index (χ1) is 12.6. The number of carbonyl (C=O) groups is 1. The van der Waals surface area contributed by atoms with Gasteiger partial charge in [-0.2, -0.15) is 5.10 Å². The molecule has 27 heavy (non-hydrogen) atoms. The molecule has 0 spiro atoms. The van der Waals surface area contributed by atoms with Crippen LogP contribution in [0.5, 0.6) is 0 Å². The minimum Gasteiger partial charge on any atom is -0.307 e. The van der Waals surface area contributed by atoms with Crippen molar-refractivity contribution >= 4 is 27.6 Å². The Morgan fingerprint density at radius 3 is 2.56 bits per heavy atom. The molecule has 1 aromatic heterocycles. The molecule has 144 valence electrons. The van der Waals surface area contributed by atoms with Crippen molar-refractivity contribution in [1.82, 2.24) is 9.78 Å². The number of rotatable bonds is 4. The Bertz CT molecular complexity index is 954. The van der Waals surface area contributed by atoms with Crippen molar-refractivity contribution < 1.29 is 13.2 Å². The number of nitrogens with one attached hydrogen (secondary N) is 1. The summed E-state index contributed by atoms with van der Waals surface area (Å²) in [5.41, 5.74) is 1.54. The maximum absolute atomic E-state index is 12.4. The summed E-state index contributed by atoms with van der Waals surface area (Å²) in [4.78, 5) is 12.4. The number of carbonyl (C=O) groups excluding carboxylic acids is 1. The topological polar surface area (TPSA) is 81.1 Å². The molecular weight excluding hydrogens is 362 g/mol. The first-order valence-electron chi connectivity index (χ1n) is 8.99. The third-order valence-corrected chi connectivity index (χ3v) is 6.29. The lowest BCUT2D eigenvalue weighted by molar-refractivity contribution is -0.111. The van der Waals surface area contributed by atoms with Gasteiger partial charge >= 0.3 is 0 Å². The lowest BCUT2D eigenvalue weighted by atomic mass is 9.92. The Morgan fingerprint density at radius 2 is 1.96 bits per heavy atom. The largest absolute Gasteiger partial charge is 0.307 e.